The number of hydrogen-bond donors (Lipinski definition) is 2. The minimum atomic E-state index is -0.517. The molecule has 1 heterocycles. The van der Waals surface area contributed by atoms with Crippen LogP contribution >= 0.6 is 0 Å². The summed E-state index contributed by atoms with van der Waals surface area (Å²) in [6, 6.07) is 5.56. The van der Waals surface area contributed by atoms with Gasteiger partial charge >= 0.3 is 6.09 Å². The van der Waals surface area contributed by atoms with Crippen molar-refractivity contribution in [1.29, 1.82) is 0 Å². The average molecular weight is 286 g/mol. The zero-order valence-corrected chi connectivity index (χ0v) is 12.4. The van der Waals surface area contributed by atoms with Crippen LogP contribution in [0.2, 0.25) is 0 Å². The van der Waals surface area contributed by atoms with Gasteiger partial charge in [0.05, 0.1) is 13.0 Å². The third-order valence-corrected chi connectivity index (χ3v) is 2.68. The van der Waals surface area contributed by atoms with Crippen molar-refractivity contribution in [3.63, 3.8) is 0 Å². The molecule has 0 aliphatic carbocycles. The molecule has 1 aromatic carbocycles. The van der Waals surface area contributed by atoms with E-state index in [0.29, 0.717) is 6.42 Å². The molecule has 5 nitrogen and oxygen atoms in total. The fourth-order valence-corrected chi connectivity index (χ4v) is 1.88. The third-order valence-electron chi connectivity index (χ3n) is 2.68. The number of hydrogen-bond acceptors (Lipinski definition) is 3. The fraction of sp³-hybridized carbons (Fsp3) is 0.375. The van der Waals surface area contributed by atoms with Gasteiger partial charge in [-0.05, 0) is 44.5 Å². The van der Waals surface area contributed by atoms with Gasteiger partial charge in [0.2, 0.25) is 5.91 Å². The lowest BCUT2D eigenvalue weighted by Gasteiger charge is -2.18. The van der Waals surface area contributed by atoms with Gasteiger partial charge < -0.3 is 15.4 Å². The molecule has 1 aliphatic rings. The molecule has 110 valence electrons. The topological polar surface area (TPSA) is 67.4 Å². The predicted molar refractivity (Wildman–Crippen MR) is 79.9 cm³/mol. The highest BCUT2D eigenvalue weighted by atomic mass is 16.6. The Hall–Kier alpha value is -2.48. The van der Waals surface area contributed by atoms with Gasteiger partial charge in [0, 0.05) is 11.3 Å². The molecule has 2 N–H and O–H groups in total. The van der Waals surface area contributed by atoms with Crippen molar-refractivity contribution in [2.45, 2.75) is 32.8 Å². The molecule has 0 radical (unpaired) electrons. The van der Waals surface area contributed by atoms with Crippen LogP contribution in [0.15, 0.2) is 18.2 Å². The van der Waals surface area contributed by atoms with E-state index in [-0.39, 0.29) is 12.5 Å². The first-order valence-electron chi connectivity index (χ1n) is 6.72. The highest BCUT2D eigenvalue weighted by Gasteiger charge is 2.17. The van der Waals surface area contributed by atoms with Crippen LogP contribution in [0.3, 0.4) is 0 Å². The number of fused-ring (bicyclic) bond motifs is 1. The Balaban J connectivity index is 1.88. The standard InChI is InChI=1S/C16H18N2O3/c1-16(2,3)21-15(20)17-8-4-5-11-6-7-13-12(9-11)10-14(19)18-13/h6-7,9H,8,10H2,1-3H3,(H,17,20)(H,18,19). The van der Waals surface area contributed by atoms with Crippen molar-refractivity contribution < 1.29 is 14.3 Å². The molecule has 2 amide bonds. The smallest absolute Gasteiger partial charge is 0.408 e. The molecule has 1 aromatic rings. The summed E-state index contributed by atoms with van der Waals surface area (Å²) in [4.78, 5) is 22.7. The van der Waals surface area contributed by atoms with Gasteiger partial charge in [0.25, 0.3) is 0 Å². The summed E-state index contributed by atoms with van der Waals surface area (Å²) in [6.45, 7) is 5.62. The van der Waals surface area contributed by atoms with E-state index in [1.807, 2.05) is 18.2 Å². The molecule has 1 aliphatic heterocycles. The van der Waals surface area contributed by atoms with Crippen molar-refractivity contribution in [2.75, 3.05) is 11.9 Å². The first kappa shape index (κ1) is 14.9. The van der Waals surface area contributed by atoms with Crippen LogP contribution in [0.4, 0.5) is 10.5 Å². The minimum Gasteiger partial charge on any atom is -0.444 e. The highest BCUT2D eigenvalue weighted by Crippen LogP contribution is 2.23. The quantitative estimate of drug-likeness (QED) is 0.776. The zero-order chi connectivity index (χ0) is 15.5. The van der Waals surface area contributed by atoms with Crippen LogP contribution in [0.1, 0.15) is 31.9 Å². The normalized spacial score (nSPS) is 12.8. The molecular formula is C16H18N2O3. The summed E-state index contributed by atoms with van der Waals surface area (Å²) < 4.78 is 5.10. The van der Waals surface area contributed by atoms with Crippen LogP contribution in [0.5, 0.6) is 0 Å². The summed E-state index contributed by atoms with van der Waals surface area (Å²) >= 11 is 0. The Morgan fingerprint density at radius 1 is 1.43 bits per heavy atom. The Labute approximate surface area is 124 Å². The van der Waals surface area contributed by atoms with E-state index in [0.717, 1.165) is 16.8 Å². The largest absolute Gasteiger partial charge is 0.444 e. The van der Waals surface area contributed by atoms with E-state index in [1.54, 1.807) is 20.8 Å². The fourth-order valence-electron chi connectivity index (χ4n) is 1.88. The van der Waals surface area contributed by atoms with E-state index in [2.05, 4.69) is 22.5 Å². The van der Waals surface area contributed by atoms with E-state index in [4.69, 9.17) is 4.74 Å². The lowest BCUT2D eigenvalue weighted by molar-refractivity contribution is -0.115. The van der Waals surface area contributed by atoms with Crippen LogP contribution < -0.4 is 10.6 Å². The van der Waals surface area contributed by atoms with Crippen molar-refractivity contribution in [2.24, 2.45) is 0 Å². The van der Waals surface area contributed by atoms with Crippen LogP contribution in [0, 0.1) is 11.8 Å². The molecule has 0 aromatic heterocycles. The molecule has 0 bridgehead atoms. The summed E-state index contributed by atoms with van der Waals surface area (Å²) in [5.74, 6) is 5.80. The number of amides is 2. The van der Waals surface area contributed by atoms with Gasteiger partial charge in [-0.3, -0.25) is 4.79 Å². The van der Waals surface area contributed by atoms with Gasteiger partial charge in [-0.25, -0.2) is 4.79 Å². The van der Waals surface area contributed by atoms with E-state index in [1.165, 1.54) is 0 Å². The second kappa shape index (κ2) is 5.88. The SMILES string of the molecule is CC(C)(C)OC(=O)NCC#Cc1ccc2c(c1)CC(=O)N2. The number of ether oxygens (including phenoxy) is 1. The van der Waals surface area contributed by atoms with Gasteiger partial charge in [0.1, 0.15) is 5.60 Å². The molecule has 0 spiro atoms. The van der Waals surface area contributed by atoms with Crippen LogP contribution in [-0.4, -0.2) is 24.1 Å². The number of carbonyl (C=O) groups is 2. The van der Waals surface area contributed by atoms with Crippen LogP contribution in [-0.2, 0) is 16.0 Å². The monoisotopic (exact) mass is 286 g/mol. The molecule has 0 fully saturated rings. The number of benzene rings is 1. The number of alkyl carbamates (subject to hydrolysis) is 1. The predicted octanol–water partition coefficient (Wildman–Crippen LogP) is 2.06. The summed E-state index contributed by atoms with van der Waals surface area (Å²) in [7, 11) is 0. The van der Waals surface area contributed by atoms with Gasteiger partial charge in [-0.2, -0.15) is 0 Å². The molecular weight excluding hydrogens is 268 g/mol. The molecule has 0 saturated heterocycles. The van der Waals surface area contributed by atoms with E-state index in [9.17, 15) is 9.59 Å². The maximum Gasteiger partial charge on any atom is 0.408 e. The van der Waals surface area contributed by atoms with Gasteiger partial charge in [-0.1, -0.05) is 11.8 Å². The summed E-state index contributed by atoms with van der Waals surface area (Å²) in [5.41, 5.74) is 2.09. The minimum absolute atomic E-state index is 0.00158. The van der Waals surface area contributed by atoms with Crippen molar-refractivity contribution in [1.82, 2.24) is 5.32 Å². The zero-order valence-electron chi connectivity index (χ0n) is 12.4. The molecule has 0 saturated carbocycles. The molecule has 0 unspecified atom stereocenters. The second-order valence-electron chi connectivity index (χ2n) is 5.75. The van der Waals surface area contributed by atoms with E-state index >= 15 is 0 Å². The lowest BCUT2D eigenvalue weighted by atomic mass is 10.1. The Morgan fingerprint density at radius 3 is 2.90 bits per heavy atom. The third kappa shape index (κ3) is 4.53. The Kier molecular flexibility index (Phi) is 4.18. The van der Waals surface area contributed by atoms with Crippen molar-refractivity contribution >= 4 is 17.7 Å². The Morgan fingerprint density at radius 2 is 2.19 bits per heavy atom. The highest BCUT2D eigenvalue weighted by molar-refractivity contribution is 5.99. The number of rotatable bonds is 1. The first-order chi connectivity index (χ1) is 9.83. The maximum atomic E-state index is 11.4. The maximum absolute atomic E-state index is 11.4. The van der Waals surface area contributed by atoms with Gasteiger partial charge in [-0.15, -0.1) is 0 Å². The first-order valence-corrected chi connectivity index (χ1v) is 6.72. The number of carbonyl (C=O) groups excluding carboxylic acids is 2. The molecule has 21 heavy (non-hydrogen) atoms. The molecule has 0 atom stereocenters. The Bertz CT molecular complexity index is 633. The summed E-state index contributed by atoms with van der Waals surface area (Å²) in [5, 5.41) is 5.34. The van der Waals surface area contributed by atoms with E-state index < -0.39 is 11.7 Å². The number of nitrogens with one attached hydrogen (secondary N) is 2. The average Bonchev–Trinajstić information content (AvgIpc) is 2.71. The lowest BCUT2D eigenvalue weighted by Crippen LogP contribution is -2.32. The van der Waals surface area contributed by atoms with Gasteiger partial charge in [0.15, 0.2) is 0 Å². The number of anilines is 1. The van der Waals surface area contributed by atoms with Crippen molar-refractivity contribution in [3.8, 4) is 11.8 Å². The van der Waals surface area contributed by atoms with Crippen LogP contribution in [0.25, 0.3) is 0 Å². The second-order valence-corrected chi connectivity index (χ2v) is 5.75. The van der Waals surface area contributed by atoms with Crippen molar-refractivity contribution in [3.05, 3.63) is 29.3 Å². The molecule has 5 heteroatoms. The summed E-state index contributed by atoms with van der Waals surface area (Å²) in [6.07, 6.45) is -0.0957. The molecule has 2 rings (SSSR count).